The number of carbonyl (C=O) groups is 1. The van der Waals surface area contributed by atoms with E-state index < -0.39 is 11.7 Å². The number of carbonyl (C=O) groups excluding carboxylic acids is 1. The van der Waals surface area contributed by atoms with Gasteiger partial charge in [0.15, 0.2) is 0 Å². The lowest BCUT2D eigenvalue weighted by molar-refractivity contribution is 0.0636. The molecule has 0 saturated heterocycles. The van der Waals surface area contributed by atoms with Crippen molar-refractivity contribution in [2.45, 2.75) is 26.4 Å². The van der Waals surface area contributed by atoms with E-state index in [0.717, 1.165) is 15.6 Å². The summed E-state index contributed by atoms with van der Waals surface area (Å²) >= 11 is 3.40. The van der Waals surface area contributed by atoms with Gasteiger partial charge in [0.05, 0.1) is 0 Å². The number of hydrogen-bond donors (Lipinski definition) is 1. The Kier molecular flexibility index (Phi) is 4.63. The van der Waals surface area contributed by atoms with Gasteiger partial charge in [0.25, 0.3) is 0 Å². The van der Waals surface area contributed by atoms with Crippen LogP contribution < -0.4 is 5.32 Å². The molecule has 0 spiro atoms. The summed E-state index contributed by atoms with van der Waals surface area (Å²) in [4.78, 5) is 15.8. The molecule has 0 aliphatic carbocycles. The van der Waals surface area contributed by atoms with Crippen molar-refractivity contribution in [3.8, 4) is 11.1 Å². The van der Waals surface area contributed by atoms with Crippen LogP contribution in [-0.2, 0) is 4.74 Å². The van der Waals surface area contributed by atoms with Crippen molar-refractivity contribution in [2.24, 2.45) is 0 Å². The van der Waals surface area contributed by atoms with Crippen LogP contribution in [0.4, 0.5) is 10.5 Å². The molecule has 0 aliphatic heterocycles. The molecular formula is C16H17BrN2O2. The highest BCUT2D eigenvalue weighted by atomic mass is 79.9. The predicted octanol–water partition coefficient (Wildman–Crippen LogP) is 4.86. The van der Waals surface area contributed by atoms with Crippen molar-refractivity contribution in [3.05, 3.63) is 47.2 Å². The zero-order valence-electron chi connectivity index (χ0n) is 12.2. The first-order valence-electron chi connectivity index (χ1n) is 6.54. The highest BCUT2D eigenvalue weighted by molar-refractivity contribution is 9.10. The first-order valence-corrected chi connectivity index (χ1v) is 7.34. The van der Waals surface area contributed by atoms with Crippen LogP contribution in [0, 0.1) is 0 Å². The lowest BCUT2D eigenvalue weighted by atomic mass is 10.1. The molecule has 1 aromatic heterocycles. The Hall–Kier alpha value is -1.88. The Morgan fingerprint density at radius 2 is 1.81 bits per heavy atom. The molecule has 110 valence electrons. The van der Waals surface area contributed by atoms with E-state index in [4.69, 9.17) is 4.74 Å². The number of rotatable bonds is 2. The number of ether oxygens (including phenoxy) is 1. The maximum Gasteiger partial charge on any atom is 0.412 e. The van der Waals surface area contributed by atoms with Gasteiger partial charge in [-0.1, -0.05) is 12.1 Å². The Morgan fingerprint density at radius 3 is 2.38 bits per heavy atom. The van der Waals surface area contributed by atoms with Gasteiger partial charge in [-0.15, -0.1) is 0 Å². The van der Waals surface area contributed by atoms with E-state index in [1.807, 2.05) is 51.1 Å². The molecule has 0 bridgehead atoms. The van der Waals surface area contributed by atoms with E-state index in [1.54, 1.807) is 12.4 Å². The Bertz CT molecular complexity index is 633. The maximum absolute atomic E-state index is 11.7. The minimum Gasteiger partial charge on any atom is -0.444 e. The molecular weight excluding hydrogens is 332 g/mol. The van der Waals surface area contributed by atoms with Gasteiger partial charge < -0.3 is 4.74 Å². The molecule has 4 nitrogen and oxygen atoms in total. The van der Waals surface area contributed by atoms with Gasteiger partial charge in [-0.2, -0.15) is 0 Å². The highest BCUT2D eigenvalue weighted by Crippen LogP contribution is 2.23. The van der Waals surface area contributed by atoms with Crippen LogP contribution in [0.3, 0.4) is 0 Å². The maximum atomic E-state index is 11.7. The summed E-state index contributed by atoms with van der Waals surface area (Å²) in [6.45, 7) is 5.49. The van der Waals surface area contributed by atoms with Crippen LogP contribution in [0.2, 0.25) is 0 Å². The lowest BCUT2D eigenvalue weighted by Gasteiger charge is -2.19. The van der Waals surface area contributed by atoms with E-state index in [9.17, 15) is 4.79 Å². The Balaban J connectivity index is 2.07. The molecule has 0 fully saturated rings. The van der Waals surface area contributed by atoms with Crippen LogP contribution in [0.5, 0.6) is 0 Å². The number of amides is 1. The standard InChI is InChI=1S/C16H17BrN2O2/c1-16(2,3)21-15(20)19-14-6-4-11(5-7-14)12-8-13(17)10-18-9-12/h4-10H,1-3H3,(H,19,20). The summed E-state index contributed by atoms with van der Waals surface area (Å²) in [6, 6.07) is 9.51. The van der Waals surface area contributed by atoms with Crippen LogP contribution in [0.1, 0.15) is 20.8 Å². The van der Waals surface area contributed by atoms with E-state index >= 15 is 0 Å². The Morgan fingerprint density at radius 1 is 1.14 bits per heavy atom. The first-order chi connectivity index (χ1) is 9.83. The van der Waals surface area contributed by atoms with Gasteiger partial charge >= 0.3 is 6.09 Å². The Labute approximate surface area is 132 Å². The van der Waals surface area contributed by atoms with Gasteiger partial charge in [0.2, 0.25) is 0 Å². The smallest absolute Gasteiger partial charge is 0.412 e. The van der Waals surface area contributed by atoms with Gasteiger partial charge in [-0.3, -0.25) is 10.3 Å². The van der Waals surface area contributed by atoms with Crippen LogP contribution in [-0.4, -0.2) is 16.7 Å². The SMILES string of the molecule is CC(C)(C)OC(=O)Nc1ccc(-c2cncc(Br)c2)cc1. The minimum atomic E-state index is -0.508. The second-order valence-corrected chi connectivity index (χ2v) is 6.51. The number of nitrogens with one attached hydrogen (secondary N) is 1. The van der Waals surface area contributed by atoms with Crippen LogP contribution >= 0.6 is 15.9 Å². The topological polar surface area (TPSA) is 51.2 Å². The third-order valence-electron chi connectivity index (χ3n) is 2.57. The minimum absolute atomic E-state index is 0.459. The molecule has 0 aliphatic rings. The van der Waals surface area contributed by atoms with Gasteiger partial charge in [0.1, 0.15) is 5.60 Å². The van der Waals surface area contributed by atoms with Gasteiger partial charge in [-0.25, -0.2) is 4.79 Å². The van der Waals surface area contributed by atoms with Gasteiger partial charge in [0, 0.05) is 28.1 Å². The second-order valence-electron chi connectivity index (χ2n) is 5.60. The molecule has 0 unspecified atom stereocenters. The summed E-state index contributed by atoms with van der Waals surface area (Å²) < 4.78 is 6.13. The van der Waals surface area contributed by atoms with Crippen LogP contribution in [0.25, 0.3) is 11.1 Å². The third kappa shape index (κ3) is 4.86. The van der Waals surface area contributed by atoms with E-state index in [-0.39, 0.29) is 0 Å². The molecule has 2 rings (SSSR count). The van der Waals surface area contributed by atoms with Crippen molar-refractivity contribution in [2.75, 3.05) is 5.32 Å². The number of hydrogen-bond acceptors (Lipinski definition) is 3. The molecule has 0 saturated carbocycles. The zero-order chi connectivity index (χ0) is 15.5. The quantitative estimate of drug-likeness (QED) is 0.843. The summed E-state index contributed by atoms with van der Waals surface area (Å²) in [5.41, 5.74) is 2.22. The predicted molar refractivity (Wildman–Crippen MR) is 87.2 cm³/mol. The molecule has 0 radical (unpaired) electrons. The third-order valence-corrected chi connectivity index (χ3v) is 3.00. The molecule has 0 atom stereocenters. The summed E-state index contributed by atoms with van der Waals surface area (Å²) in [6.07, 6.45) is 3.07. The van der Waals surface area contributed by atoms with E-state index in [0.29, 0.717) is 5.69 Å². The van der Waals surface area contributed by atoms with Crippen molar-refractivity contribution >= 4 is 27.7 Å². The number of halogens is 1. The highest BCUT2D eigenvalue weighted by Gasteiger charge is 2.16. The number of nitrogens with zero attached hydrogens (tertiary/aromatic N) is 1. The van der Waals surface area contributed by atoms with Crippen LogP contribution in [0.15, 0.2) is 47.2 Å². The van der Waals surface area contributed by atoms with Crippen molar-refractivity contribution in [1.29, 1.82) is 0 Å². The van der Waals surface area contributed by atoms with E-state index in [1.165, 1.54) is 0 Å². The molecule has 1 heterocycles. The fraction of sp³-hybridized carbons (Fsp3) is 0.250. The average Bonchev–Trinajstić information content (AvgIpc) is 2.37. The van der Waals surface area contributed by atoms with Crippen molar-refractivity contribution < 1.29 is 9.53 Å². The summed E-state index contributed by atoms with van der Waals surface area (Å²) in [5.74, 6) is 0. The number of benzene rings is 1. The molecule has 1 aromatic carbocycles. The summed E-state index contributed by atoms with van der Waals surface area (Å²) in [5, 5.41) is 2.70. The normalized spacial score (nSPS) is 11.0. The van der Waals surface area contributed by atoms with Crippen molar-refractivity contribution in [1.82, 2.24) is 4.98 Å². The number of aromatic nitrogens is 1. The monoisotopic (exact) mass is 348 g/mol. The molecule has 5 heteroatoms. The largest absolute Gasteiger partial charge is 0.444 e. The number of anilines is 1. The second kappa shape index (κ2) is 6.26. The molecule has 1 N–H and O–H groups in total. The average molecular weight is 349 g/mol. The fourth-order valence-corrected chi connectivity index (χ4v) is 2.10. The summed E-state index contributed by atoms with van der Waals surface area (Å²) in [7, 11) is 0. The zero-order valence-corrected chi connectivity index (χ0v) is 13.8. The molecule has 2 aromatic rings. The molecule has 1 amide bonds. The lowest BCUT2D eigenvalue weighted by Crippen LogP contribution is -2.27. The number of pyridine rings is 1. The fourth-order valence-electron chi connectivity index (χ4n) is 1.74. The first kappa shape index (κ1) is 15.5. The van der Waals surface area contributed by atoms with Crippen molar-refractivity contribution in [3.63, 3.8) is 0 Å². The van der Waals surface area contributed by atoms with Gasteiger partial charge in [-0.05, 0) is 60.5 Å². The van der Waals surface area contributed by atoms with E-state index in [2.05, 4.69) is 26.2 Å². The molecule has 21 heavy (non-hydrogen) atoms.